The highest BCUT2D eigenvalue weighted by Crippen LogP contribution is 2.23. The van der Waals surface area contributed by atoms with Crippen LogP contribution in [0.5, 0.6) is 0 Å². The van der Waals surface area contributed by atoms with E-state index in [1.807, 2.05) is 0 Å². The monoisotopic (exact) mass is 321 g/mol. The number of aromatic nitrogens is 3. The van der Waals surface area contributed by atoms with Crippen molar-refractivity contribution in [3.05, 3.63) is 11.4 Å². The van der Waals surface area contributed by atoms with E-state index in [1.54, 1.807) is 0 Å². The Balaban J connectivity index is 2.11. The highest BCUT2D eigenvalue weighted by Gasteiger charge is 2.46. The molecule has 1 aliphatic rings. The first-order valence-electron chi connectivity index (χ1n) is 6.59. The number of hydrogen-bond acceptors (Lipinski definition) is 10. The molecule has 0 unspecified atom stereocenters. The SMILES string of the molecule is OCc1nnn(C[C@@H](O)[C@H]2O[C@H](O)[C@@H](O)[C@@H](O)[C@@H]2O)c1CO. The first-order valence-corrected chi connectivity index (χ1v) is 6.59. The summed E-state index contributed by atoms with van der Waals surface area (Å²) in [6.07, 6.45) is -9.60. The summed E-state index contributed by atoms with van der Waals surface area (Å²) in [6.45, 7) is -1.20. The van der Waals surface area contributed by atoms with Gasteiger partial charge >= 0.3 is 0 Å². The summed E-state index contributed by atoms with van der Waals surface area (Å²) in [7, 11) is 0. The molecule has 7 N–H and O–H groups in total. The Hall–Kier alpha value is -1.18. The summed E-state index contributed by atoms with van der Waals surface area (Å²) in [5.74, 6) is 0. The standard InChI is InChI=1S/C11H19N3O8/c15-2-4-5(3-16)14(13-12-4)1-6(17)10-8(19)7(18)9(20)11(21)22-10/h6-11,15-21H,1-3H2/t6-,7+,8+,9+,10-,11+/m1/s1. The Morgan fingerprint density at radius 2 is 1.73 bits per heavy atom. The van der Waals surface area contributed by atoms with Crippen LogP contribution in [0.15, 0.2) is 0 Å². The van der Waals surface area contributed by atoms with Gasteiger partial charge in [-0.25, -0.2) is 4.68 Å². The molecule has 11 heteroatoms. The Morgan fingerprint density at radius 3 is 2.32 bits per heavy atom. The van der Waals surface area contributed by atoms with Crippen LogP contribution >= 0.6 is 0 Å². The predicted octanol–water partition coefficient (Wildman–Crippen LogP) is -4.58. The Kier molecular flexibility index (Phi) is 5.41. The van der Waals surface area contributed by atoms with Crippen molar-refractivity contribution in [3.8, 4) is 0 Å². The third-order valence-corrected chi connectivity index (χ3v) is 3.58. The van der Waals surface area contributed by atoms with E-state index in [0.717, 1.165) is 4.68 Å². The Bertz CT molecular complexity index is 498. The fraction of sp³-hybridized carbons (Fsp3) is 0.818. The molecular weight excluding hydrogens is 302 g/mol. The zero-order valence-corrected chi connectivity index (χ0v) is 11.5. The van der Waals surface area contributed by atoms with E-state index < -0.39 is 50.0 Å². The fourth-order valence-electron chi connectivity index (χ4n) is 2.30. The zero-order valence-electron chi connectivity index (χ0n) is 11.5. The van der Waals surface area contributed by atoms with E-state index in [9.17, 15) is 30.6 Å². The van der Waals surface area contributed by atoms with Crippen LogP contribution in [0.2, 0.25) is 0 Å². The fourth-order valence-corrected chi connectivity index (χ4v) is 2.30. The molecule has 2 rings (SSSR count). The van der Waals surface area contributed by atoms with Gasteiger partial charge in [-0.1, -0.05) is 5.21 Å². The lowest BCUT2D eigenvalue weighted by Crippen LogP contribution is -2.61. The molecule has 6 atom stereocenters. The minimum Gasteiger partial charge on any atom is -0.390 e. The van der Waals surface area contributed by atoms with Gasteiger partial charge in [0.1, 0.15) is 36.2 Å². The summed E-state index contributed by atoms with van der Waals surface area (Å²) < 4.78 is 6.00. The average Bonchev–Trinajstić information content (AvgIpc) is 2.90. The van der Waals surface area contributed by atoms with Gasteiger partial charge in [0.25, 0.3) is 0 Å². The molecule has 11 nitrogen and oxygen atoms in total. The molecule has 126 valence electrons. The smallest absolute Gasteiger partial charge is 0.184 e. The molecule has 1 aliphatic heterocycles. The van der Waals surface area contributed by atoms with Crippen LogP contribution in [0.1, 0.15) is 11.4 Å². The molecule has 22 heavy (non-hydrogen) atoms. The molecule has 0 saturated carbocycles. The third-order valence-electron chi connectivity index (χ3n) is 3.58. The first kappa shape index (κ1) is 17.2. The van der Waals surface area contributed by atoms with Crippen LogP contribution in [0.4, 0.5) is 0 Å². The molecule has 0 spiro atoms. The molecule has 1 saturated heterocycles. The van der Waals surface area contributed by atoms with Crippen LogP contribution < -0.4 is 0 Å². The molecule has 0 radical (unpaired) electrons. The summed E-state index contributed by atoms with van der Waals surface area (Å²) in [5.41, 5.74) is 0.309. The number of rotatable bonds is 5. The molecule has 1 aromatic heterocycles. The number of hydrogen-bond donors (Lipinski definition) is 7. The van der Waals surface area contributed by atoms with Crippen molar-refractivity contribution in [2.24, 2.45) is 0 Å². The van der Waals surface area contributed by atoms with Crippen LogP contribution in [0.25, 0.3) is 0 Å². The highest BCUT2D eigenvalue weighted by atomic mass is 16.6. The Labute approximate surface area is 124 Å². The predicted molar refractivity (Wildman–Crippen MR) is 66.8 cm³/mol. The quantitative estimate of drug-likeness (QED) is 0.279. The van der Waals surface area contributed by atoms with Gasteiger partial charge in [-0.2, -0.15) is 0 Å². The number of ether oxygens (including phenoxy) is 1. The van der Waals surface area contributed by atoms with Crippen LogP contribution in [0, 0.1) is 0 Å². The zero-order chi connectivity index (χ0) is 16.4. The van der Waals surface area contributed by atoms with E-state index in [0.29, 0.717) is 0 Å². The normalized spacial score (nSPS) is 33.9. The van der Waals surface area contributed by atoms with Crippen molar-refractivity contribution >= 4 is 0 Å². The van der Waals surface area contributed by atoms with Crippen LogP contribution in [-0.2, 0) is 24.5 Å². The van der Waals surface area contributed by atoms with E-state index in [-0.39, 0.29) is 17.9 Å². The van der Waals surface area contributed by atoms with Gasteiger partial charge in [0.2, 0.25) is 0 Å². The van der Waals surface area contributed by atoms with Crippen LogP contribution in [0.3, 0.4) is 0 Å². The number of aliphatic hydroxyl groups excluding tert-OH is 7. The largest absolute Gasteiger partial charge is 0.390 e. The maximum absolute atomic E-state index is 10.1. The summed E-state index contributed by atoms with van der Waals surface area (Å²) in [6, 6.07) is 0. The number of nitrogens with zero attached hydrogens (tertiary/aromatic N) is 3. The van der Waals surface area contributed by atoms with Crippen molar-refractivity contribution in [1.82, 2.24) is 15.0 Å². The molecule has 0 amide bonds. The maximum atomic E-state index is 10.1. The van der Waals surface area contributed by atoms with Gasteiger partial charge in [0.15, 0.2) is 6.29 Å². The van der Waals surface area contributed by atoms with E-state index in [1.165, 1.54) is 0 Å². The second-order valence-electron chi connectivity index (χ2n) is 5.01. The second kappa shape index (κ2) is 6.93. The lowest BCUT2D eigenvalue weighted by molar-refractivity contribution is -0.297. The van der Waals surface area contributed by atoms with Gasteiger partial charge in [0, 0.05) is 0 Å². The average molecular weight is 321 g/mol. The third kappa shape index (κ3) is 3.11. The maximum Gasteiger partial charge on any atom is 0.184 e. The topological polar surface area (TPSA) is 182 Å². The van der Waals surface area contributed by atoms with E-state index in [4.69, 9.17) is 9.84 Å². The number of aliphatic hydroxyl groups is 7. The highest BCUT2D eigenvalue weighted by molar-refractivity contribution is 5.08. The minimum atomic E-state index is -1.76. The van der Waals surface area contributed by atoms with Gasteiger partial charge in [-0.15, -0.1) is 5.10 Å². The van der Waals surface area contributed by atoms with Gasteiger partial charge in [0.05, 0.1) is 25.5 Å². The molecule has 1 fully saturated rings. The molecular formula is C11H19N3O8. The van der Waals surface area contributed by atoms with Crippen molar-refractivity contribution in [1.29, 1.82) is 0 Å². The molecule has 1 aromatic rings. The Morgan fingerprint density at radius 1 is 1.05 bits per heavy atom. The molecule has 0 aliphatic carbocycles. The first-order chi connectivity index (χ1) is 10.4. The summed E-state index contributed by atoms with van der Waals surface area (Å²) in [5, 5.41) is 73.8. The molecule has 0 aromatic carbocycles. The van der Waals surface area contributed by atoms with Gasteiger partial charge < -0.3 is 40.5 Å². The summed E-state index contributed by atoms with van der Waals surface area (Å²) in [4.78, 5) is 0. The van der Waals surface area contributed by atoms with Crippen molar-refractivity contribution in [3.63, 3.8) is 0 Å². The van der Waals surface area contributed by atoms with Gasteiger partial charge in [-0.3, -0.25) is 0 Å². The van der Waals surface area contributed by atoms with Crippen molar-refractivity contribution in [2.45, 2.75) is 56.6 Å². The van der Waals surface area contributed by atoms with Crippen molar-refractivity contribution < 1.29 is 40.5 Å². The lowest BCUT2D eigenvalue weighted by Gasteiger charge is -2.40. The second-order valence-corrected chi connectivity index (χ2v) is 5.01. The summed E-state index contributed by atoms with van der Waals surface area (Å²) >= 11 is 0. The van der Waals surface area contributed by atoms with Gasteiger partial charge in [-0.05, 0) is 0 Å². The minimum absolute atomic E-state index is 0.135. The lowest BCUT2D eigenvalue weighted by atomic mass is 9.95. The molecule has 2 heterocycles. The van der Waals surface area contributed by atoms with E-state index >= 15 is 0 Å². The molecule has 0 bridgehead atoms. The van der Waals surface area contributed by atoms with Crippen molar-refractivity contribution in [2.75, 3.05) is 0 Å². The van der Waals surface area contributed by atoms with E-state index in [2.05, 4.69) is 10.3 Å². The van der Waals surface area contributed by atoms with Crippen LogP contribution in [-0.4, -0.2) is 87.5 Å².